The van der Waals surface area contributed by atoms with E-state index in [9.17, 15) is 13.2 Å². The van der Waals surface area contributed by atoms with E-state index in [4.69, 9.17) is 16.3 Å². The van der Waals surface area contributed by atoms with Crippen LogP contribution >= 0.6 is 23.4 Å². The molecule has 0 spiro atoms. The molecule has 1 aliphatic carbocycles. The second-order valence-corrected chi connectivity index (χ2v) is 10.6. The Morgan fingerprint density at radius 3 is 2.70 bits per heavy atom. The van der Waals surface area contributed by atoms with Crippen molar-refractivity contribution in [3.8, 4) is 5.75 Å². The van der Waals surface area contributed by atoms with Crippen LogP contribution in [0.3, 0.4) is 0 Å². The molecule has 1 N–H and O–H groups in total. The molecular formula is C21H23ClN2O4S2. The number of methoxy groups -OCH3 is 1. The molecule has 1 amide bonds. The van der Waals surface area contributed by atoms with Crippen molar-refractivity contribution in [2.24, 2.45) is 0 Å². The highest BCUT2D eigenvalue weighted by molar-refractivity contribution is 7.99. The Hall–Kier alpha value is -1.74. The number of hydrogen-bond donors (Lipinski definition) is 1. The molecule has 2 aromatic carbocycles. The first-order valence-corrected chi connectivity index (χ1v) is 12.7. The number of anilines is 1. The molecule has 4 rings (SSSR count). The Bertz CT molecular complexity index is 1070. The van der Waals surface area contributed by atoms with E-state index < -0.39 is 10.0 Å². The average molecular weight is 467 g/mol. The number of amides is 1. The Balaban J connectivity index is 1.68. The molecule has 2 aromatic rings. The van der Waals surface area contributed by atoms with Crippen LogP contribution in [-0.2, 0) is 10.0 Å². The van der Waals surface area contributed by atoms with Crippen LogP contribution in [-0.4, -0.2) is 39.8 Å². The van der Waals surface area contributed by atoms with Crippen molar-refractivity contribution in [3.63, 3.8) is 0 Å². The molecule has 1 heterocycles. The summed E-state index contributed by atoms with van der Waals surface area (Å²) >= 11 is 7.81. The highest BCUT2D eigenvalue weighted by Gasteiger charge is 2.29. The van der Waals surface area contributed by atoms with Crippen LogP contribution < -0.4 is 14.4 Å². The number of hydrogen-bond acceptors (Lipinski definition) is 5. The number of ether oxygens (including phenoxy) is 1. The molecule has 1 fully saturated rings. The quantitative estimate of drug-likeness (QED) is 0.710. The number of halogens is 1. The predicted octanol–water partition coefficient (Wildman–Crippen LogP) is 4.32. The van der Waals surface area contributed by atoms with Crippen molar-refractivity contribution in [1.82, 2.24) is 4.72 Å². The van der Waals surface area contributed by atoms with E-state index in [0.717, 1.165) is 42.0 Å². The molecule has 0 radical (unpaired) electrons. The van der Waals surface area contributed by atoms with E-state index in [1.807, 2.05) is 6.07 Å². The molecule has 0 atom stereocenters. The molecule has 0 bridgehead atoms. The van der Waals surface area contributed by atoms with Gasteiger partial charge in [-0.15, -0.1) is 11.8 Å². The smallest absolute Gasteiger partial charge is 0.258 e. The molecule has 0 saturated heterocycles. The van der Waals surface area contributed by atoms with Crippen LogP contribution in [0, 0.1) is 0 Å². The fourth-order valence-electron chi connectivity index (χ4n) is 3.90. The lowest BCUT2D eigenvalue weighted by atomic mass is 10.1. The molecule has 160 valence electrons. The maximum atomic E-state index is 13.3. The SMILES string of the molecule is COc1ccc(C(=O)N2CCSc3ccc(Cl)cc32)cc1S(=O)(=O)NC1CCCC1. The summed E-state index contributed by atoms with van der Waals surface area (Å²) in [5.41, 5.74) is 1.04. The van der Waals surface area contributed by atoms with Gasteiger partial charge < -0.3 is 9.64 Å². The normalized spacial score (nSPS) is 17.1. The Labute approximate surface area is 186 Å². The second kappa shape index (κ2) is 8.78. The molecule has 9 heteroatoms. The van der Waals surface area contributed by atoms with Gasteiger partial charge in [0.15, 0.2) is 0 Å². The van der Waals surface area contributed by atoms with Gasteiger partial charge in [0.25, 0.3) is 5.91 Å². The molecule has 0 aromatic heterocycles. The minimum absolute atomic E-state index is 0.0135. The van der Waals surface area contributed by atoms with Gasteiger partial charge in [-0.25, -0.2) is 13.1 Å². The summed E-state index contributed by atoms with van der Waals surface area (Å²) in [6.45, 7) is 0.519. The first-order chi connectivity index (χ1) is 14.4. The first-order valence-electron chi connectivity index (χ1n) is 9.83. The summed E-state index contributed by atoms with van der Waals surface area (Å²) in [4.78, 5) is 15.9. The number of carbonyl (C=O) groups excluding carboxylic acids is 1. The van der Waals surface area contributed by atoms with Crippen molar-refractivity contribution in [1.29, 1.82) is 0 Å². The number of sulfonamides is 1. The predicted molar refractivity (Wildman–Crippen MR) is 119 cm³/mol. The molecule has 1 saturated carbocycles. The second-order valence-electron chi connectivity index (χ2n) is 7.39. The lowest BCUT2D eigenvalue weighted by molar-refractivity contribution is 0.0987. The standard InChI is InChI=1S/C21H23ClN2O4S2/c1-28-18-8-6-14(12-20(18)30(26,27)23-16-4-2-3-5-16)21(25)24-10-11-29-19-9-7-15(22)13-17(19)24/h6-9,12-13,16,23H,2-5,10-11H2,1H3. The fraction of sp³-hybridized carbons (Fsp3) is 0.381. The third-order valence-corrected chi connectivity index (χ3v) is 8.23. The first kappa shape index (κ1) is 21.5. The third kappa shape index (κ3) is 4.32. The van der Waals surface area contributed by atoms with Gasteiger partial charge in [-0.2, -0.15) is 0 Å². The van der Waals surface area contributed by atoms with Gasteiger partial charge in [-0.3, -0.25) is 4.79 Å². The van der Waals surface area contributed by atoms with Gasteiger partial charge in [0, 0.05) is 33.8 Å². The van der Waals surface area contributed by atoms with E-state index in [2.05, 4.69) is 4.72 Å². The van der Waals surface area contributed by atoms with Crippen molar-refractivity contribution < 1.29 is 17.9 Å². The van der Waals surface area contributed by atoms with Crippen molar-refractivity contribution in [2.45, 2.75) is 41.5 Å². The van der Waals surface area contributed by atoms with Gasteiger partial charge in [0.1, 0.15) is 10.6 Å². The molecular weight excluding hydrogens is 444 g/mol. The van der Waals surface area contributed by atoms with E-state index in [1.54, 1.807) is 34.9 Å². The summed E-state index contributed by atoms with van der Waals surface area (Å²) in [6, 6.07) is 9.93. The van der Waals surface area contributed by atoms with Crippen LogP contribution in [0.25, 0.3) is 0 Å². The molecule has 1 aliphatic heterocycles. The average Bonchev–Trinajstić information content (AvgIpc) is 3.24. The monoisotopic (exact) mass is 466 g/mol. The molecule has 2 aliphatic rings. The number of carbonyl (C=O) groups is 1. The van der Waals surface area contributed by atoms with Crippen LogP contribution in [0.4, 0.5) is 5.69 Å². The Morgan fingerprint density at radius 1 is 1.20 bits per heavy atom. The zero-order chi connectivity index (χ0) is 21.3. The van der Waals surface area contributed by atoms with Crippen molar-refractivity contribution >= 4 is 45.0 Å². The maximum Gasteiger partial charge on any atom is 0.258 e. The topological polar surface area (TPSA) is 75.7 Å². The highest BCUT2D eigenvalue weighted by Crippen LogP contribution is 2.37. The van der Waals surface area contributed by atoms with Crippen LogP contribution in [0.15, 0.2) is 46.2 Å². The zero-order valence-electron chi connectivity index (χ0n) is 16.6. The number of benzene rings is 2. The summed E-state index contributed by atoms with van der Waals surface area (Å²) in [5, 5.41) is 0.549. The molecule has 6 nitrogen and oxygen atoms in total. The molecule has 0 unspecified atom stereocenters. The minimum atomic E-state index is -3.81. The molecule has 30 heavy (non-hydrogen) atoms. The van der Waals surface area contributed by atoms with E-state index in [0.29, 0.717) is 17.1 Å². The van der Waals surface area contributed by atoms with Gasteiger partial charge in [0.05, 0.1) is 12.8 Å². The number of thioether (sulfide) groups is 1. The lowest BCUT2D eigenvalue weighted by Gasteiger charge is -2.29. The summed E-state index contributed by atoms with van der Waals surface area (Å²) in [5.74, 6) is 0.707. The van der Waals surface area contributed by atoms with Crippen LogP contribution in [0.1, 0.15) is 36.0 Å². The summed E-state index contributed by atoms with van der Waals surface area (Å²) in [6.07, 6.45) is 3.67. The number of nitrogens with one attached hydrogen (secondary N) is 1. The van der Waals surface area contributed by atoms with Crippen molar-refractivity contribution in [3.05, 3.63) is 47.0 Å². The lowest BCUT2D eigenvalue weighted by Crippen LogP contribution is -2.36. The third-order valence-electron chi connectivity index (χ3n) is 5.41. The van der Waals surface area contributed by atoms with E-state index >= 15 is 0 Å². The highest BCUT2D eigenvalue weighted by atomic mass is 35.5. The van der Waals surface area contributed by atoms with Crippen LogP contribution in [0.5, 0.6) is 5.75 Å². The van der Waals surface area contributed by atoms with Crippen molar-refractivity contribution in [2.75, 3.05) is 24.3 Å². The van der Waals surface area contributed by atoms with Gasteiger partial charge in [0.2, 0.25) is 10.0 Å². The van der Waals surface area contributed by atoms with Gasteiger partial charge in [-0.05, 0) is 49.2 Å². The fourth-order valence-corrected chi connectivity index (χ4v) is 6.55. The summed E-state index contributed by atoms with van der Waals surface area (Å²) < 4.78 is 34.1. The van der Waals surface area contributed by atoms with Crippen LogP contribution in [0.2, 0.25) is 5.02 Å². The van der Waals surface area contributed by atoms with E-state index in [1.165, 1.54) is 19.2 Å². The number of fused-ring (bicyclic) bond motifs is 1. The van der Waals surface area contributed by atoms with Gasteiger partial charge in [-0.1, -0.05) is 24.4 Å². The maximum absolute atomic E-state index is 13.3. The largest absolute Gasteiger partial charge is 0.495 e. The summed E-state index contributed by atoms with van der Waals surface area (Å²) in [7, 11) is -2.39. The minimum Gasteiger partial charge on any atom is -0.495 e. The van der Waals surface area contributed by atoms with Gasteiger partial charge >= 0.3 is 0 Å². The number of nitrogens with zero attached hydrogens (tertiary/aromatic N) is 1. The zero-order valence-corrected chi connectivity index (χ0v) is 18.9. The number of rotatable bonds is 5. The Kier molecular flexibility index (Phi) is 6.29. The Morgan fingerprint density at radius 2 is 1.97 bits per heavy atom. The van der Waals surface area contributed by atoms with E-state index in [-0.39, 0.29) is 22.6 Å².